The van der Waals surface area contributed by atoms with E-state index in [0.717, 1.165) is 24.0 Å². The minimum atomic E-state index is -0.958. The smallest absolute Gasteiger partial charge is 0.407 e. The van der Waals surface area contributed by atoms with Crippen molar-refractivity contribution in [3.8, 4) is 11.1 Å². The van der Waals surface area contributed by atoms with E-state index < -0.39 is 18.0 Å². The van der Waals surface area contributed by atoms with Crippen molar-refractivity contribution in [2.45, 2.75) is 38.1 Å². The van der Waals surface area contributed by atoms with Gasteiger partial charge in [0.25, 0.3) is 0 Å². The molecule has 0 aliphatic heterocycles. The number of carboxylic acids is 1. The van der Waals surface area contributed by atoms with Gasteiger partial charge in [0.05, 0.1) is 5.92 Å². The van der Waals surface area contributed by atoms with E-state index in [0.29, 0.717) is 0 Å². The first-order valence-electron chi connectivity index (χ1n) is 11.0. The Labute approximate surface area is 187 Å². The number of alkyl carbamates (subject to hydrolysis) is 1. The maximum atomic E-state index is 12.6. The minimum absolute atomic E-state index is 0.0201. The van der Waals surface area contributed by atoms with E-state index in [9.17, 15) is 14.4 Å². The van der Waals surface area contributed by atoms with Crippen molar-refractivity contribution in [1.29, 1.82) is 0 Å². The SMILES string of the molecule is CC(CNC(=O)CC(NC(=O)OCC1c2ccccc2-c2ccccc21)C1CC1)C(=O)O. The highest BCUT2D eigenvalue weighted by Gasteiger charge is 2.35. The maximum absolute atomic E-state index is 12.6. The summed E-state index contributed by atoms with van der Waals surface area (Å²) in [5.74, 6) is -1.66. The molecule has 4 rings (SSSR count). The lowest BCUT2D eigenvalue weighted by Gasteiger charge is -2.20. The van der Waals surface area contributed by atoms with Crippen molar-refractivity contribution in [3.05, 3.63) is 59.7 Å². The zero-order valence-corrected chi connectivity index (χ0v) is 18.0. The minimum Gasteiger partial charge on any atom is -0.481 e. The molecule has 168 valence electrons. The van der Waals surface area contributed by atoms with Crippen molar-refractivity contribution in [2.75, 3.05) is 13.2 Å². The first kappa shape index (κ1) is 21.9. The first-order chi connectivity index (χ1) is 15.4. The van der Waals surface area contributed by atoms with E-state index in [1.54, 1.807) is 0 Å². The third kappa shape index (κ3) is 4.93. The summed E-state index contributed by atoms with van der Waals surface area (Å²) in [6, 6.07) is 16.0. The second-order valence-electron chi connectivity index (χ2n) is 8.66. The summed E-state index contributed by atoms with van der Waals surface area (Å²) in [6.07, 6.45) is 1.48. The van der Waals surface area contributed by atoms with Gasteiger partial charge in [-0.1, -0.05) is 55.5 Å². The van der Waals surface area contributed by atoms with Gasteiger partial charge >= 0.3 is 12.1 Å². The number of hydrogen-bond acceptors (Lipinski definition) is 4. The zero-order chi connectivity index (χ0) is 22.7. The van der Waals surface area contributed by atoms with Crippen molar-refractivity contribution in [3.63, 3.8) is 0 Å². The van der Waals surface area contributed by atoms with Crippen LogP contribution in [0.5, 0.6) is 0 Å². The first-order valence-corrected chi connectivity index (χ1v) is 11.0. The molecular weight excluding hydrogens is 408 g/mol. The molecule has 1 fully saturated rings. The molecule has 7 nitrogen and oxygen atoms in total. The van der Waals surface area contributed by atoms with Crippen LogP contribution < -0.4 is 10.6 Å². The van der Waals surface area contributed by atoms with Gasteiger partial charge < -0.3 is 20.5 Å². The number of amides is 2. The molecule has 0 spiro atoms. The van der Waals surface area contributed by atoms with E-state index in [1.165, 1.54) is 18.1 Å². The van der Waals surface area contributed by atoms with Gasteiger partial charge in [-0.15, -0.1) is 0 Å². The second kappa shape index (κ2) is 9.42. The van der Waals surface area contributed by atoms with E-state index in [1.807, 2.05) is 24.3 Å². The Hall–Kier alpha value is -3.35. The number of carbonyl (C=O) groups is 3. The predicted octanol–water partition coefficient (Wildman–Crippen LogP) is 3.53. The van der Waals surface area contributed by atoms with Gasteiger partial charge in [-0.25, -0.2) is 4.79 Å². The van der Waals surface area contributed by atoms with Crippen LogP contribution in [0.2, 0.25) is 0 Å². The van der Waals surface area contributed by atoms with Crippen LogP contribution in [0, 0.1) is 11.8 Å². The van der Waals surface area contributed by atoms with Gasteiger partial charge in [-0.3, -0.25) is 9.59 Å². The average Bonchev–Trinajstić information content (AvgIpc) is 3.58. The van der Waals surface area contributed by atoms with Crippen LogP contribution in [-0.2, 0) is 14.3 Å². The summed E-state index contributed by atoms with van der Waals surface area (Å²) >= 11 is 0. The van der Waals surface area contributed by atoms with Gasteiger partial charge in [0.15, 0.2) is 0 Å². The molecule has 2 unspecified atom stereocenters. The summed E-state index contributed by atoms with van der Waals surface area (Å²) in [7, 11) is 0. The standard InChI is InChI=1S/C25H28N2O5/c1-15(24(29)30)13-26-23(28)12-22(16-10-11-16)27-25(31)32-14-21-19-8-4-2-6-17(19)18-7-3-5-9-20(18)21/h2-9,15-16,21-22H,10-14H2,1H3,(H,26,28)(H,27,31)(H,29,30). The molecule has 2 aromatic carbocycles. The highest BCUT2D eigenvalue weighted by Crippen LogP contribution is 2.44. The largest absolute Gasteiger partial charge is 0.481 e. The fourth-order valence-corrected chi connectivity index (χ4v) is 4.25. The van der Waals surface area contributed by atoms with Gasteiger partial charge in [0, 0.05) is 24.9 Å². The number of ether oxygens (including phenoxy) is 1. The lowest BCUT2D eigenvalue weighted by atomic mass is 9.98. The van der Waals surface area contributed by atoms with Crippen molar-refractivity contribution >= 4 is 18.0 Å². The molecule has 2 atom stereocenters. The summed E-state index contributed by atoms with van der Waals surface area (Å²) in [6.45, 7) is 1.83. The zero-order valence-electron chi connectivity index (χ0n) is 18.0. The Bertz CT molecular complexity index is 971. The molecule has 0 aromatic heterocycles. The monoisotopic (exact) mass is 436 g/mol. The molecule has 0 radical (unpaired) electrons. The topological polar surface area (TPSA) is 105 Å². The fraction of sp³-hybridized carbons (Fsp3) is 0.400. The highest BCUT2D eigenvalue weighted by molar-refractivity contribution is 5.80. The predicted molar refractivity (Wildman–Crippen MR) is 119 cm³/mol. The van der Waals surface area contributed by atoms with E-state index in [4.69, 9.17) is 9.84 Å². The summed E-state index contributed by atoms with van der Waals surface area (Å²) < 4.78 is 5.60. The van der Waals surface area contributed by atoms with Crippen molar-refractivity contribution in [2.24, 2.45) is 11.8 Å². The molecule has 0 heterocycles. The van der Waals surface area contributed by atoms with E-state index in [2.05, 4.69) is 34.9 Å². The van der Waals surface area contributed by atoms with E-state index in [-0.39, 0.29) is 43.4 Å². The quantitative estimate of drug-likeness (QED) is 0.558. The van der Waals surface area contributed by atoms with Crippen LogP contribution in [-0.4, -0.2) is 42.3 Å². The number of benzene rings is 2. The number of rotatable bonds is 9. The molecular formula is C25H28N2O5. The van der Waals surface area contributed by atoms with Crippen molar-refractivity contribution in [1.82, 2.24) is 10.6 Å². The lowest BCUT2D eigenvalue weighted by Crippen LogP contribution is -2.42. The van der Waals surface area contributed by atoms with Gasteiger partial charge in [0.1, 0.15) is 6.61 Å². The Morgan fingerprint density at radius 2 is 1.62 bits per heavy atom. The maximum Gasteiger partial charge on any atom is 0.407 e. The summed E-state index contributed by atoms with van der Waals surface area (Å²) in [5.41, 5.74) is 4.62. The molecule has 7 heteroatoms. The van der Waals surface area contributed by atoms with E-state index >= 15 is 0 Å². The molecule has 3 N–H and O–H groups in total. The summed E-state index contributed by atoms with van der Waals surface area (Å²) in [5, 5.41) is 14.4. The molecule has 2 aromatic rings. The molecule has 2 aliphatic rings. The van der Waals surface area contributed by atoms with Crippen LogP contribution in [0.25, 0.3) is 11.1 Å². The fourth-order valence-electron chi connectivity index (χ4n) is 4.25. The molecule has 2 aliphatic carbocycles. The number of fused-ring (bicyclic) bond motifs is 3. The third-order valence-corrected chi connectivity index (χ3v) is 6.27. The second-order valence-corrected chi connectivity index (χ2v) is 8.66. The Morgan fingerprint density at radius 1 is 1.03 bits per heavy atom. The van der Waals surface area contributed by atoms with Gasteiger partial charge in [-0.2, -0.15) is 0 Å². The molecule has 0 saturated heterocycles. The molecule has 1 saturated carbocycles. The lowest BCUT2D eigenvalue weighted by molar-refractivity contribution is -0.141. The van der Waals surface area contributed by atoms with Crippen LogP contribution in [0.1, 0.15) is 43.2 Å². The normalized spacial score (nSPS) is 16.4. The number of carboxylic acid groups (broad SMARTS) is 1. The number of hydrogen-bond donors (Lipinski definition) is 3. The van der Waals surface area contributed by atoms with Gasteiger partial charge in [-0.05, 0) is 41.0 Å². The van der Waals surface area contributed by atoms with Crippen LogP contribution in [0.15, 0.2) is 48.5 Å². The molecule has 0 bridgehead atoms. The molecule has 32 heavy (non-hydrogen) atoms. The average molecular weight is 437 g/mol. The van der Waals surface area contributed by atoms with Crippen LogP contribution >= 0.6 is 0 Å². The van der Waals surface area contributed by atoms with Crippen LogP contribution in [0.3, 0.4) is 0 Å². The highest BCUT2D eigenvalue weighted by atomic mass is 16.5. The van der Waals surface area contributed by atoms with Crippen molar-refractivity contribution < 1.29 is 24.2 Å². The van der Waals surface area contributed by atoms with Gasteiger partial charge in [0.2, 0.25) is 5.91 Å². The van der Waals surface area contributed by atoms with Crippen LogP contribution in [0.4, 0.5) is 4.79 Å². The number of carbonyl (C=O) groups excluding carboxylic acids is 2. The third-order valence-electron chi connectivity index (χ3n) is 6.27. The molecule has 2 amide bonds. The summed E-state index contributed by atoms with van der Waals surface area (Å²) in [4.78, 5) is 35.7. The Morgan fingerprint density at radius 3 is 2.19 bits per heavy atom. The number of nitrogens with one attached hydrogen (secondary N) is 2. The Balaban J connectivity index is 1.33. The number of aliphatic carboxylic acids is 1. The Kier molecular flexibility index (Phi) is 6.44.